The summed E-state index contributed by atoms with van der Waals surface area (Å²) in [7, 11) is 1.55. The third-order valence-corrected chi connectivity index (χ3v) is 8.16. The molecule has 0 saturated carbocycles. The maximum atomic E-state index is 12.9. The first-order valence-electron chi connectivity index (χ1n) is 17.1. The van der Waals surface area contributed by atoms with Crippen LogP contribution in [0, 0.1) is 0 Å². The molecule has 0 aliphatic rings. The Morgan fingerprint density at radius 3 is 1.37 bits per heavy atom. The van der Waals surface area contributed by atoms with Crippen molar-refractivity contribution in [2.75, 3.05) is 20.3 Å². The van der Waals surface area contributed by atoms with E-state index < -0.39 is 11.9 Å². The van der Waals surface area contributed by atoms with E-state index in [9.17, 15) is 19.5 Å². The molecule has 0 aliphatic heterocycles. The fourth-order valence-electron chi connectivity index (χ4n) is 5.21. The van der Waals surface area contributed by atoms with Gasteiger partial charge in [0.25, 0.3) is 0 Å². The first-order chi connectivity index (χ1) is 24.2. The highest BCUT2D eigenvalue weighted by atomic mass is 16.5. The van der Waals surface area contributed by atoms with Crippen LogP contribution in [0.2, 0.25) is 0 Å². The highest BCUT2D eigenvalue weighted by Gasteiger charge is 2.28. The first kappa shape index (κ1) is 38.5. The smallest absolute Gasteiger partial charge is 0.343 e. The molecular formula is C42H48O9. The van der Waals surface area contributed by atoms with Crippen molar-refractivity contribution >= 4 is 17.9 Å². The van der Waals surface area contributed by atoms with Crippen LogP contribution in [0.4, 0.5) is 0 Å². The minimum Gasteiger partial charge on any atom is -0.507 e. The summed E-state index contributed by atoms with van der Waals surface area (Å²) in [5.41, 5.74) is 2.00. The summed E-state index contributed by atoms with van der Waals surface area (Å²) in [6.45, 7) is 12.9. The fourth-order valence-corrected chi connectivity index (χ4v) is 5.21. The van der Waals surface area contributed by atoms with Gasteiger partial charge in [-0.2, -0.15) is 0 Å². The number of carbonyl (C=O) groups is 3. The van der Waals surface area contributed by atoms with E-state index in [0.717, 1.165) is 36.8 Å². The summed E-state index contributed by atoms with van der Waals surface area (Å²) in [5.74, 6) is 0.711. The van der Waals surface area contributed by atoms with Crippen molar-refractivity contribution < 1.29 is 43.2 Å². The van der Waals surface area contributed by atoms with Gasteiger partial charge in [-0.05, 0) is 121 Å². The summed E-state index contributed by atoms with van der Waals surface area (Å²) >= 11 is 0. The predicted molar refractivity (Wildman–Crippen MR) is 196 cm³/mol. The highest BCUT2D eigenvalue weighted by Crippen LogP contribution is 2.40. The van der Waals surface area contributed by atoms with Gasteiger partial charge in [0.15, 0.2) is 0 Å². The average Bonchev–Trinajstić information content (AvgIpc) is 3.09. The number of phenolic OH excluding ortho intramolecular Hbond substituents is 1. The van der Waals surface area contributed by atoms with Gasteiger partial charge in [0, 0.05) is 11.1 Å². The van der Waals surface area contributed by atoms with Crippen LogP contribution in [0.1, 0.15) is 109 Å². The minimum absolute atomic E-state index is 0.236. The van der Waals surface area contributed by atoms with Crippen LogP contribution >= 0.6 is 0 Å². The zero-order valence-electron chi connectivity index (χ0n) is 30.5. The van der Waals surface area contributed by atoms with E-state index in [-0.39, 0.29) is 22.5 Å². The number of phenols is 1. The number of aromatic hydroxyl groups is 1. The molecule has 0 heterocycles. The van der Waals surface area contributed by atoms with Crippen LogP contribution in [0.5, 0.6) is 28.7 Å². The van der Waals surface area contributed by atoms with E-state index in [1.165, 1.54) is 0 Å². The van der Waals surface area contributed by atoms with E-state index in [2.05, 4.69) is 0 Å². The van der Waals surface area contributed by atoms with Crippen LogP contribution < -0.4 is 18.9 Å². The van der Waals surface area contributed by atoms with Gasteiger partial charge < -0.3 is 28.8 Å². The second-order valence-corrected chi connectivity index (χ2v) is 14.3. The Morgan fingerprint density at radius 1 is 0.529 bits per heavy atom. The van der Waals surface area contributed by atoms with Crippen molar-refractivity contribution in [1.29, 1.82) is 0 Å². The highest BCUT2D eigenvalue weighted by molar-refractivity contribution is 5.92. The lowest BCUT2D eigenvalue weighted by Gasteiger charge is -2.28. The van der Waals surface area contributed by atoms with Crippen molar-refractivity contribution in [2.24, 2.45) is 0 Å². The molecule has 1 N–H and O–H groups in total. The van der Waals surface area contributed by atoms with Crippen LogP contribution in [-0.2, 0) is 15.6 Å². The topological polar surface area (TPSA) is 118 Å². The number of hydrogen-bond donors (Lipinski definition) is 1. The zero-order valence-corrected chi connectivity index (χ0v) is 30.5. The largest absolute Gasteiger partial charge is 0.507 e. The lowest BCUT2D eigenvalue weighted by atomic mass is 9.78. The Hall–Kier alpha value is -5.31. The van der Waals surface area contributed by atoms with Crippen molar-refractivity contribution in [3.8, 4) is 28.7 Å². The third kappa shape index (κ3) is 11.1. The number of ether oxygens (including phenoxy) is 5. The van der Waals surface area contributed by atoms with Crippen LogP contribution in [0.25, 0.3) is 0 Å². The molecule has 0 atom stereocenters. The Labute approximate surface area is 300 Å². The first-order valence-corrected chi connectivity index (χ1v) is 17.1. The lowest BCUT2D eigenvalue weighted by Crippen LogP contribution is -2.19. The van der Waals surface area contributed by atoms with E-state index in [4.69, 9.17) is 23.7 Å². The standard InChI is InChI=1S/C42H48O9/c1-41(2,3)35-26-30(27-36(37(35)43)42(4,5)6)38(44)49-25-11-9-8-10-24-48-32-18-14-29(15-19-32)40(46)51-34-22-20-33(21-23-34)50-39(45)28-12-16-31(47-7)17-13-28/h12-23,26-27,43H,8-11,24-25H2,1-7H3. The Balaban J connectivity index is 1.14. The van der Waals surface area contributed by atoms with Gasteiger partial charge in [-0.25, -0.2) is 14.4 Å². The Morgan fingerprint density at radius 2 is 0.941 bits per heavy atom. The van der Waals surface area contributed by atoms with Crippen molar-refractivity contribution in [3.05, 3.63) is 113 Å². The molecule has 9 heteroatoms. The summed E-state index contributed by atoms with van der Waals surface area (Å²) in [5, 5.41) is 10.9. The number of rotatable bonds is 14. The molecule has 9 nitrogen and oxygen atoms in total. The van der Waals surface area contributed by atoms with Gasteiger partial charge in [-0.1, -0.05) is 41.5 Å². The SMILES string of the molecule is COc1ccc(C(=O)Oc2ccc(OC(=O)c3ccc(OCCCCCCOC(=O)c4cc(C(C)(C)C)c(O)c(C(C)(C)C)c4)cc3)cc2)cc1. The summed E-state index contributed by atoms with van der Waals surface area (Å²) in [6, 6.07) is 23.0. The molecule has 270 valence electrons. The average molecular weight is 697 g/mol. The third-order valence-electron chi connectivity index (χ3n) is 8.16. The number of hydrogen-bond acceptors (Lipinski definition) is 9. The van der Waals surface area contributed by atoms with Crippen LogP contribution in [-0.4, -0.2) is 43.3 Å². The van der Waals surface area contributed by atoms with Gasteiger partial charge in [0.05, 0.1) is 37.0 Å². The molecule has 0 unspecified atom stereocenters. The van der Waals surface area contributed by atoms with Gasteiger partial charge in [0.2, 0.25) is 0 Å². The number of benzene rings is 4. The maximum absolute atomic E-state index is 12.9. The molecule has 0 fully saturated rings. The van der Waals surface area contributed by atoms with Crippen molar-refractivity contribution in [3.63, 3.8) is 0 Å². The van der Waals surface area contributed by atoms with Gasteiger partial charge >= 0.3 is 17.9 Å². The second kappa shape index (κ2) is 17.1. The molecular weight excluding hydrogens is 648 g/mol. The quantitative estimate of drug-likeness (QED) is 0.0782. The van der Waals surface area contributed by atoms with E-state index in [1.807, 2.05) is 41.5 Å². The fraction of sp³-hybridized carbons (Fsp3) is 0.357. The number of unbranched alkanes of at least 4 members (excludes halogenated alkanes) is 3. The molecule has 0 radical (unpaired) electrons. The van der Waals surface area contributed by atoms with Gasteiger partial charge in [-0.15, -0.1) is 0 Å². The van der Waals surface area contributed by atoms with Crippen LogP contribution in [0.15, 0.2) is 84.9 Å². The minimum atomic E-state index is -0.528. The molecule has 4 rings (SSSR count). The van der Waals surface area contributed by atoms with Gasteiger partial charge in [-0.3, -0.25) is 0 Å². The zero-order chi connectivity index (χ0) is 37.2. The van der Waals surface area contributed by atoms with Crippen molar-refractivity contribution in [2.45, 2.75) is 78.1 Å². The van der Waals surface area contributed by atoms with Crippen molar-refractivity contribution in [1.82, 2.24) is 0 Å². The Kier molecular flexibility index (Phi) is 12.9. The van der Waals surface area contributed by atoms with Gasteiger partial charge in [0.1, 0.15) is 28.7 Å². The maximum Gasteiger partial charge on any atom is 0.343 e. The van der Waals surface area contributed by atoms with E-state index >= 15 is 0 Å². The lowest BCUT2D eigenvalue weighted by molar-refractivity contribution is 0.0496. The molecule has 0 bridgehead atoms. The molecule has 0 spiro atoms. The molecule has 0 saturated heterocycles. The summed E-state index contributed by atoms with van der Waals surface area (Å²) in [6.07, 6.45) is 3.34. The molecule has 0 amide bonds. The molecule has 4 aromatic rings. The number of methoxy groups -OCH3 is 1. The number of esters is 3. The normalized spacial score (nSPS) is 11.4. The van der Waals surface area contributed by atoms with E-state index in [0.29, 0.717) is 52.9 Å². The molecule has 4 aromatic carbocycles. The van der Waals surface area contributed by atoms with Crippen LogP contribution in [0.3, 0.4) is 0 Å². The number of carbonyl (C=O) groups excluding carboxylic acids is 3. The summed E-state index contributed by atoms with van der Waals surface area (Å²) < 4.78 is 27.4. The summed E-state index contributed by atoms with van der Waals surface area (Å²) in [4.78, 5) is 37.9. The van der Waals surface area contributed by atoms with E-state index in [1.54, 1.807) is 92.0 Å². The molecule has 51 heavy (non-hydrogen) atoms. The predicted octanol–water partition coefficient (Wildman–Crippen LogP) is 9.23. The molecule has 0 aliphatic carbocycles. The molecule has 0 aromatic heterocycles. The second-order valence-electron chi connectivity index (χ2n) is 14.3. The Bertz CT molecular complexity index is 1740. The monoisotopic (exact) mass is 696 g/mol.